The molecule has 0 saturated carbocycles. The Morgan fingerprint density at radius 1 is 1.39 bits per heavy atom. The van der Waals surface area contributed by atoms with Crippen molar-refractivity contribution in [1.29, 1.82) is 0 Å². The van der Waals surface area contributed by atoms with Crippen LogP contribution < -0.4 is 5.69 Å². The van der Waals surface area contributed by atoms with E-state index >= 15 is 0 Å². The molecule has 96 valence electrons. The summed E-state index contributed by atoms with van der Waals surface area (Å²) in [4.78, 5) is 17.4. The maximum Gasteiger partial charge on any atom is 0.326 e. The molecule has 1 unspecified atom stereocenters. The van der Waals surface area contributed by atoms with Gasteiger partial charge >= 0.3 is 5.69 Å². The molecule has 0 spiro atoms. The molecule has 2 heterocycles. The Morgan fingerprint density at radius 2 is 2.22 bits per heavy atom. The minimum Gasteiger partial charge on any atom is -0.306 e. The molecular formula is C14H19N3O. The van der Waals surface area contributed by atoms with Gasteiger partial charge in [0.25, 0.3) is 0 Å². The molecule has 1 aromatic carbocycles. The minimum atomic E-state index is 0.0167. The highest BCUT2D eigenvalue weighted by Gasteiger charge is 2.23. The number of imidazole rings is 1. The molecule has 0 amide bonds. The van der Waals surface area contributed by atoms with E-state index in [9.17, 15) is 4.79 Å². The summed E-state index contributed by atoms with van der Waals surface area (Å²) < 4.78 is 1.89. The van der Waals surface area contributed by atoms with Crippen LogP contribution in [0.1, 0.15) is 31.9 Å². The molecule has 0 bridgehead atoms. The van der Waals surface area contributed by atoms with E-state index in [0.717, 1.165) is 37.1 Å². The molecule has 1 atom stereocenters. The molecule has 0 fully saturated rings. The average Bonchev–Trinajstić information content (AvgIpc) is 2.61. The fourth-order valence-corrected chi connectivity index (χ4v) is 3.01. The zero-order valence-corrected chi connectivity index (χ0v) is 10.9. The number of aromatic amines is 1. The Bertz CT molecular complexity index is 625. The summed E-state index contributed by atoms with van der Waals surface area (Å²) in [5.41, 5.74) is 3.33. The summed E-state index contributed by atoms with van der Waals surface area (Å²) in [6.45, 7) is 7.24. The molecule has 0 saturated heterocycles. The predicted molar refractivity (Wildman–Crippen MR) is 72.8 cm³/mol. The van der Waals surface area contributed by atoms with Gasteiger partial charge in [-0.15, -0.1) is 0 Å². The fraction of sp³-hybridized carbons (Fsp3) is 0.500. The lowest BCUT2D eigenvalue weighted by molar-refractivity contribution is 0.210. The number of hydrogen-bond donors (Lipinski definition) is 1. The smallest absolute Gasteiger partial charge is 0.306 e. The first-order valence-electron chi connectivity index (χ1n) is 6.68. The SMILES string of the molecule is CCCN1CCn2c(=O)[nH]c3cccc(c32)C1C. The Balaban J connectivity index is 2.21. The third kappa shape index (κ3) is 1.60. The van der Waals surface area contributed by atoms with Gasteiger partial charge < -0.3 is 4.98 Å². The van der Waals surface area contributed by atoms with Gasteiger partial charge in [0.2, 0.25) is 0 Å². The van der Waals surface area contributed by atoms with Crippen molar-refractivity contribution in [3.05, 3.63) is 34.2 Å². The van der Waals surface area contributed by atoms with E-state index in [-0.39, 0.29) is 5.69 Å². The Kier molecular flexibility index (Phi) is 2.74. The maximum atomic E-state index is 12.0. The van der Waals surface area contributed by atoms with Crippen LogP contribution in [-0.4, -0.2) is 27.5 Å². The molecule has 1 aromatic heterocycles. The van der Waals surface area contributed by atoms with E-state index in [2.05, 4.69) is 29.8 Å². The van der Waals surface area contributed by atoms with Gasteiger partial charge in [-0.2, -0.15) is 0 Å². The van der Waals surface area contributed by atoms with Crippen LogP contribution in [-0.2, 0) is 6.54 Å². The first-order valence-corrected chi connectivity index (χ1v) is 6.68. The van der Waals surface area contributed by atoms with Crippen molar-refractivity contribution in [1.82, 2.24) is 14.5 Å². The third-order valence-corrected chi connectivity index (χ3v) is 3.94. The maximum absolute atomic E-state index is 12.0. The highest BCUT2D eigenvalue weighted by Crippen LogP contribution is 2.29. The second kappa shape index (κ2) is 4.28. The van der Waals surface area contributed by atoms with Gasteiger partial charge in [0.1, 0.15) is 0 Å². The second-order valence-electron chi connectivity index (χ2n) is 5.04. The highest BCUT2D eigenvalue weighted by molar-refractivity contribution is 5.79. The minimum absolute atomic E-state index is 0.0167. The van der Waals surface area contributed by atoms with E-state index in [0.29, 0.717) is 6.04 Å². The molecule has 1 aliphatic heterocycles. The van der Waals surface area contributed by atoms with Crippen LogP contribution in [0.5, 0.6) is 0 Å². The quantitative estimate of drug-likeness (QED) is 0.880. The molecule has 0 radical (unpaired) electrons. The summed E-state index contributed by atoms with van der Waals surface area (Å²) >= 11 is 0. The molecular weight excluding hydrogens is 226 g/mol. The number of H-pyrrole nitrogens is 1. The monoisotopic (exact) mass is 245 g/mol. The summed E-state index contributed by atoms with van der Waals surface area (Å²) in [5, 5.41) is 0. The number of nitrogens with one attached hydrogen (secondary N) is 1. The lowest BCUT2D eigenvalue weighted by Gasteiger charge is -2.26. The van der Waals surface area contributed by atoms with Crippen LogP contribution in [0.4, 0.5) is 0 Å². The van der Waals surface area contributed by atoms with Crippen LogP contribution in [0.25, 0.3) is 11.0 Å². The number of para-hydroxylation sites is 1. The van der Waals surface area contributed by atoms with Gasteiger partial charge in [-0.3, -0.25) is 9.47 Å². The standard InChI is InChI=1S/C14H19N3O/c1-3-7-16-8-9-17-13-11(10(16)2)5-4-6-12(13)15-14(17)18/h4-6,10H,3,7-9H2,1-2H3,(H,15,18). The summed E-state index contributed by atoms with van der Waals surface area (Å²) in [6.07, 6.45) is 1.14. The van der Waals surface area contributed by atoms with E-state index in [4.69, 9.17) is 0 Å². The van der Waals surface area contributed by atoms with Crippen molar-refractivity contribution in [3.63, 3.8) is 0 Å². The van der Waals surface area contributed by atoms with Gasteiger partial charge in [-0.05, 0) is 31.5 Å². The van der Waals surface area contributed by atoms with E-state index < -0.39 is 0 Å². The highest BCUT2D eigenvalue weighted by atomic mass is 16.1. The van der Waals surface area contributed by atoms with Crippen molar-refractivity contribution >= 4 is 11.0 Å². The molecule has 1 N–H and O–H groups in total. The Morgan fingerprint density at radius 3 is 3.00 bits per heavy atom. The number of rotatable bonds is 2. The number of hydrogen-bond acceptors (Lipinski definition) is 2. The molecule has 4 heteroatoms. The van der Waals surface area contributed by atoms with Crippen LogP contribution in [0.3, 0.4) is 0 Å². The van der Waals surface area contributed by atoms with Crippen LogP contribution in [0.2, 0.25) is 0 Å². The van der Waals surface area contributed by atoms with Crippen LogP contribution >= 0.6 is 0 Å². The summed E-state index contributed by atoms with van der Waals surface area (Å²) in [7, 11) is 0. The molecule has 1 aliphatic rings. The molecule has 3 rings (SSSR count). The van der Waals surface area contributed by atoms with Gasteiger partial charge in [0.05, 0.1) is 11.0 Å². The van der Waals surface area contributed by atoms with Crippen molar-refractivity contribution < 1.29 is 0 Å². The van der Waals surface area contributed by atoms with E-state index in [1.54, 1.807) is 0 Å². The normalized spacial score (nSPS) is 20.2. The van der Waals surface area contributed by atoms with Gasteiger partial charge in [-0.1, -0.05) is 19.1 Å². The molecule has 18 heavy (non-hydrogen) atoms. The van der Waals surface area contributed by atoms with Gasteiger partial charge in [0.15, 0.2) is 0 Å². The first-order chi connectivity index (χ1) is 8.72. The van der Waals surface area contributed by atoms with Crippen molar-refractivity contribution in [2.75, 3.05) is 13.1 Å². The van der Waals surface area contributed by atoms with E-state index in [1.165, 1.54) is 5.56 Å². The Labute approximate surface area is 106 Å². The second-order valence-corrected chi connectivity index (χ2v) is 5.04. The predicted octanol–water partition coefficient (Wildman–Crippen LogP) is 2.12. The zero-order chi connectivity index (χ0) is 12.7. The average molecular weight is 245 g/mol. The van der Waals surface area contributed by atoms with Crippen molar-refractivity contribution in [2.24, 2.45) is 0 Å². The third-order valence-electron chi connectivity index (χ3n) is 3.94. The summed E-state index contributed by atoms with van der Waals surface area (Å²) in [5.74, 6) is 0. The first kappa shape index (κ1) is 11.5. The fourth-order valence-electron chi connectivity index (χ4n) is 3.01. The van der Waals surface area contributed by atoms with E-state index in [1.807, 2.05) is 16.7 Å². The lowest BCUT2D eigenvalue weighted by Crippen LogP contribution is -2.30. The van der Waals surface area contributed by atoms with Gasteiger partial charge in [-0.25, -0.2) is 4.79 Å². The summed E-state index contributed by atoms with van der Waals surface area (Å²) in [6, 6.07) is 6.53. The van der Waals surface area contributed by atoms with Crippen molar-refractivity contribution in [3.8, 4) is 0 Å². The number of nitrogens with zero attached hydrogens (tertiary/aromatic N) is 2. The topological polar surface area (TPSA) is 41.0 Å². The van der Waals surface area contributed by atoms with Gasteiger partial charge in [0, 0.05) is 19.1 Å². The molecule has 4 nitrogen and oxygen atoms in total. The van der Waals surface area contributed by atoms with Crippen LogP contribution in [0, 0.1) is 0 Å². The molecule has 0 aliphatic carbocycles. The zero-order valence-electron chi connectivity index (χ0n) is 10.9. The molecule has 2 aromatic rings. The lowest BCUT2D eigenvalue weighted by atomic mass is 10.1. The largest absolute Gasteiger partial charge is 0.326 e. The van der Waals surface area contributed by atoms with Crippen LogP contribution in [0.15, 0.2) is 23.0 Å². The number of aromatic nitrogens is 2. The number of benzene rings is 1. The Hall–Kier alpha value is -1.55. The van der Waals surface area contributed by atoms with Crippen molar-refractivity contribution in [2.45, 2.75) is 32.9 Å².